The van der Waals surface area contributed by atoms with Gasteiger partial charge in [-0.05, 0) is 26.3 Å². The summed E-state index contributed by atoms with van der Waals surface area (Å²) >= 11 is 0. The highest BCUT2D eigenvalue weighted by molar-refractivity contribution is 5.92. The lowest BCUT2D eigenvalue weighted by molar-refractivity contribution is 0.0290. The van der Waals surface area contributed by atoms with Gasteiger partial charge in [-0.15, -0.1) is 0 Å². The van der Waals surface area contributed by atoms with Gasteiger partial charge in [0.15, 0.2) is 0 Å². The van der Waals surface area contributed by atoms with Crippen LogP contribution in [-0.2, 0) is 9.47 Å². The molecule has 1 fully saturated rings. The second-order valence-electron chi connectivity index (χ2n) is 7.84. The molecule has 1 saturated heterocycles. The summed E-state index contributed by atoms with van der Waals surface area (Å²) < 4.78 is 12.3. The molecule has 1 amide bonds. The Labute approximate surface area is 206 Å². The fourth-order valence-corrected chi connectivity index (χ4v) is 3.20. The van der Waals surface area contributed by atoms with Crippen LogP contribution < -0.4 is 10.6 Å². The number of aryl methyl sites for hydroxylation is 1. The van der Waals surface area contributed by atoms with E-state index in [0.29, 0.717) is 48.9 Å². The van der Waals surface area contributed by atoms with Gasteiger partial charge in [0.2, 0.25) is 0 Å². The lowest BCUT2D eigenvalue weighted by atomic mass is 10.1. The molecule has 2 aromatic heterocycles. The minimum atomic E-state index is -0.517. The van der Waals surface area contributed by atoms with Crippen LogP contribution in [0.2, 0.25) is 0 Å². The molecule has 1 aliphatic heterocycles. The summed E-state index contributed by atoms with van der Waals surface area (Å²) in [4.78, 5) is 14.4. The van der Waals surface area contributed by atoms with Crippen LogP contribution in [0.4, 0.5) is 16.2 Å². The number of nitriles is 1. The van der Waals surface area contributed by atoms with Crippen LogP contribution in [0.5, 0.6) is 0 Å². The molecule has 3 N–H and O–H groups in total. The lowest BCUT2D eigenvalue weighted by Crippen LogP contribution is -2.38. The Balaban J connectivity index is 0.000000641. The first-order valence-electron chi connectivity index (χ1n) is 11.3. The monoisotopic (exact) mass is 482 g/mol. The summed E-state index contributed by atoms with van der Waals surface area (Å²) in [5.74, 6) is 0. The molecule has 0 bridgehead atoms. The SMILES string of the molecule is C/C=C(\C)Nc1c(C#N)cnn2cc(NC(=O)OCCN3CCOCC3)c(C)c12.C=CC(=C)CO. The smallest absolute Gasteiger partial charge is 0.411 e. The Morgan fingerprint density at radius 3 is 2.69 bits per heavy atom. The zero-order valence-electron chi connectivity index (χ0n) is 20.6. The fourth-order valence-electron chi connectivity index (χ4n) is 3.20. The predicted molar refractivity (Wildman–Crippen MR) is 136 cm³/mol. The number of carbonyl (C=O) groups is 1. The Kier molecular flexibility index (Phi) is 11.0. The highest BCUT2D eigenvalue weighted by atomic mass is 16.5. The summed E-state index contributed by atoms with van der Waals surface area (Å²) in [5, 5.41) is 27.9. The molecule has 0 unspecified atom stereocenters. The third-order valence-electron chi connectivity index (χ3n) is 5.41. The maximum atomic E-state index is 12.2. The van der Waals surface area contributed by atoms with Gasteiger partial charge >= 0.3 is 6.09 Å². The minimum Gasteiger partial charge on any atom is -0.448 e. The quantitative estimate of drug-likeness (QED) is 0.489. The molecule has 0 aliphatic carbocycles. The van der Waals surface area contributed by atoms with Crippen molar-refractivity contribution in [3.05, 3.63) is 60.1 Å². The highest BCUT2D eigenvalue weighted by Crippen LogP contribution is 2.31. The number of morpholine rings is 1. The number of hydrogen-bond acceptors (Lipinski definition) is 8. The van der Waals surface area contributed by atoms with E-state index >= 15 is 0 Å². The molecule has 0 atom stereocenters. The van der Waals surface area contributed by atoms with Crippen LogP contribution >= 0.6 is 0 Å². The van der Waals surface area contributed by atoms with Crippen molar-refractivity contribution in [1.82, 2.24) is 14.5 Å². The first-order chi connectivity index (χ1) is 16.8. The molecule has 3 rings (SSSR count). The number of allylic oxidation sites excluding steroid dienone is 2. The highest BCUT2D eigenvalue weighted by Gasteiger charge is 2.18. The molecule has 0 aromatic carbocycles. The van der Waals surface area contributed by atoms with E-state index in [1.54, 1.807) is 10.7 Å². The molecule has 0 saturated carbocycles. The summed E-state index contributed by atoms with van der Waals surface area (Å²) in [6.07, 6.45) is 6.14. The Morgan fingerprint density at radius 1 is 1.40 bits per heavy atom. The minimum absolute atomic E-state index is 0.0174. The topological polar surface area (TPSA) is 124 Å². The molecule has 35 heavy (non-hydrogen) atoms. The van der Waals surface area contributed by atoms with Crippen molar-refractivity contribution < 1.29 is 19.4 Å². The molecule has 10 heteroatoms. The van der Waals surface area contributed by atoms with Crippen LogP contribution in [0, 0.1) is 18.3 Å². The van der Waals surface area contributed by atoms with E-state index in [2.05, 4.69) is 39.9 Å². The Hall–Kier alpha value is -3.65. The van der Waals surface area contributed by atoms with E-state index in [4.69, 9.17) is 14.6 Å². The third kappa shape index (κ3) is 7.96. The van der Waals surface area contributed by atoms with E-state index in [-0.39, 0.29) is 6.61 Å². The Morgan fingerprint density at radius 2 is 2.11 bits per heavy atom. The molecule has 0 radical (unpaired) electrons. The van der Waals surface area contributed by atoms with Crippen molar-refractivity contribution in [2.24, 2.45) is 0 Å². The molecule has 2 aromatic rings. The summed E-state index contributed by atoms with van der Waals surface area (Å²) in [5.41, 5.74) is 4.77. The van der Waals surface area contributed by atoms with Gasteiger partial charge in [0.05, 0.1) is 54.7 Å². The van der Waals surface area contributed by atoms with Crippen LogP contribution in [0.1, 0.15) is 25.0 Å². The number of ether oxygens (including phenoxy) is 2. The number of carbonyl (C=O) groups excluding carboxylic acids is 1. The average molecular weight is 483 g/mol. The summed E-state index contributed by atoms with van der Waals surface area (Å²) in [7, 11) is 0. The number of rotatable bonds is 8. The van der Waals surface area contributed by atoms with Gasteiger partial charge in [-0.2, -0.15) is 10.4 Å². The predicted octanol–water partition coefficient (Wildman–Crippen LogP) is 3.45. The first-order valence-corrected chi connectivity index (χ1v) is 11.3. The zero-order chi connectivity index (χ0) is 25.8. The average Bonchev–Trinajstić information content (AvgIpc) is 3.19. The van der Waals surface area contributed by atoms with Gasteiger partial charge in [0.1, 0.15) is 12.7 Å². The first kappa shape index (κ1) is 27.6. The maximum absolute atomic E-state index is 12.2. The van der Waals surface area contributed by atoms with Crippen molar-refractivity contribution in [1.29, 1.82) is 5.26 Å². The largest absolute Gasteiger partial charge is 0.448 e. The standard InChI is InChI=1S/C20H26N6O3.C5H8O/c1-4-14(2)23-18-16(11-21)12-22-26-13-17(15(3)19(18)26)24-20(27)29-10-7-25-5-8-28-9-6-25;1-3-5(2)4-6/h4,12-13,23H,5-10H2,1-3H3,(H,24,27);3,6H,1-2,4H2/b14-4+;. The second-order valence-corrected chi connectivity index (χ2v) is 7.84. The second kappa shape index (κ2) is 13.9. The molecule has 10 nitrogen and oxygen atoms in total. The number of nitrogens with one attached hydrogen (secondary N) is 2. The van der Waals surface area contributed by atoms with Crippen molar-refractivity contribution in [3.8, 4) is 6.07 Å². The normalized spacial score (nSPS) is 13.9. The van der Waals surface area contributed by atoms with Crippen LogP contribution in [0.15, 0.2) is 49.0 Å². The van der Waals surface area contributed by atoms with Crippen molar-refractivity contribution in [2.75, 3.05) is 56.7 Å². The maximum Gasteiger partial charge on any atom is 0.411 e. The van der Waals surface area contributed by atoms with E-state index in [1.165, 1.54) is 12.3 Å². The van der Waals surface area contributed by atoms with Gasteiger partial charge in [0.25, 0.3) is 0 Å². The summed E-state index contributed by atoms with van der Waals surface area (Å²) in [6.45, 7) is 16.6. The molecular formula is C25H34N6O4. The van der Waals surface area contributed by atoms with E-state index < -0.39 is 6.09 Å². The molecule has 1 aliphatic rings. The van der Waals surface area contributed by atoms with Gasteiger partial charge in [-0.25, -0.2) is 9.31 Å². The van der Waals surface area contributed by atoms with Crippen molar-refractivity contribution in [3.63, 3.8) is 0 Å². The van der Waals surface area contributed by atoms with E-state index in [0.717, 1.165) is 29.9 Å². The number of fused-ring (bicyclic) bond motifs is 1. The molecule has 0 spiro atoms. The van der Waals surface area contributed by atoms with E-state index in [9.17, 15) is 10.1 Å². The van der Waals surface area contributed by atoms with Crippen molar-refractivity contribution >= 4 is 23.0 Å². The third-order valence-corrected chi connectivity index (χ3v) is 5.41. The molecular weight excluding hydrogens is 448 g/mol. The number of hydrogen-bond donors (Lipinski definition) is 3. The summed E-state index contributed by atoms with van der Waals surface area (Å²) in [6, 6.07) is 2.16. The van der Waals surface area contributed by atoms with Gasteiger partial charge in [-0.3, -0.25) is 10.2 Å². The van der Waals surface area contributed by atoms with Crippen LogP contribution in [0.25, 0.3) is 5.52 Å². The van der Waals surface area contributed by atoms with Gasteiger partial charge < -0.3 is 19.9 Å². The van der Waals surface area contributed by atoms with Crippen LogP contribution in [0.3, 0.4) is 0 Å². The number of aromatic nitrogens is 2. The molecule has 188 valence electrons. The number of aliphatic hydroxyl groups excluding tert-OH is 1. The van der Waals surface area contributed by atoms with E-state index in [1.807, 2.05) is 26.8 Å². The van der Waals surface area contributed by atoms with Gasteiger partial charge in [0, 0.05) is 30.9 Å². The number of amides is 1. The zero-order valence-corrected chi connectivity index (χ0v) is 20.6. The number of nitrogens with zero attached hydrogens (tertiary/aromatic N) is 4. The fraction of sp³-hybridized carbons (Fsp3) is 0.400. The van der Waals surface area contributed by atoms with Crippen molar-refractivity contribution in [2.45, 2.75) is 20.8 Å². The lowest BCUT2D eigenvalue weighted by Gasteiger charge is -2.26. The molecule has 3 heterocycles. The number of aliphatic hydroxyl groups is 1. The number of anilines is 2. The Bertz CT molecular complexity index is 1110. The van der Waals surface area contributed by atoms with Crippen LogP contribution in [-0.4, -0.2) is 71.8 Å². The van der Waals surface area contributed by atoms with Gasteiger partial charge in [-0.1, -0.05) is 25.3 Å².